The van der Waals surface area contributed by atoms with E-state index in [2.05, 4.69) is 20.9 Å². The Kier molecular flexibility index (Phi) is 12.0. The number of nitrogens with two attached hydrogens (primary N) is 2. The number of nitrogens with one attached hydrogen (secondary N) is 4. The fourth-order valence-electron chi connectivity index (χ4n) is 4.61. The smallest absolute Gasteiger partial charge is 0.326 e. The summed E-state index contributed by atoms with van der Waals surface area (Å²) < 4.78 is 0. The van der Waals surface area contributed by atoms with Crippen molar-refractivity contribution in [1.82, 2.24) is 20.9 Å². The van der Waals surface area contributed by atoms with E-state index in [1.165, 1.54) is 12.1 Å². The van der Waals surface area contributed by atoms with E-state index in [1.54, 1.807) is 24.4 Å². The Morgan fingerprint density at radius 3 is 2.00 bits per heavy atom. The second-order valence-electron chi connectivity index (χ2n) is 10.5. The fourth-order valence-corrected chi connectivity index (χ4v) is 4.61. The number of carbonyl (C=O) groups excluding carboxylic acids is 4. The van der Waals surface area contributed by atoms with Gasteiger partial charge in [-0.1, -0.05) is 30.3 Å². The number of aromatic hydroxyl groups is 1. The molecule has 2 aromatic carbocycles. The van der Waals surface area contributed by atoms with E-state index < -0.39 is 72.6 Å². The van der Waals surface area contributed by atoms with Gasteiger partial charge in [0.05, 0.1) is 6.04 Å². The number of carboxylic acids is 2. The molecule has 3 rings (SSSR count). The Morgan fingerprint density at radius 2 is 1.36 bits per heavy atom. The van der Waals surface area contributed by atoms with Crippen LogP contribution in [0.25, 0.3) is 10.9 Å². The molecule has 0 aliphatic heterocycles. The third kappa shape index (κ3) is 10.4. The molecule has 0 saturated carbocycles. The monoisotopic (exact) mass is 624 g/mol. The van der Waals surface area contributed by atoms with E-state index in [0.29, 0.717) is 11.1 Å². The molecule has 15 heteroatoms. The van der Waals surface area contributed by atoms with Crippen LogP contribution in [0.15, 0.2) is 54.7 Å². The van der Waals surface area contributed by atoms with Crippen molar-refractivity contribution in [3.63, 3.8) is 0 Å². The molecule has 11 N–H and O–H groups in total. The number of benzene rings is 2. The van der Waals surface area contributed by atoms with Crippen LogP contribution in [0.2, 0.25) is 0 Å². The van der Waals surface area contributed by atoms with Gasteiger partial charge in [0.1, 0.15) is 23.9 Å². The molecule has 0 aliphatic carbocycles. The van der Waals surface area contributed by atoms with E-state index in [9.17, 15) is 39.0 Å². The first-order chi connectivity index (χ1) is 21.3. The van der Waals surface area contributed by atoms with Gasteiger partial charge in [-0.05, 0) is 48.6 Å². The summed E-state index contributed by atoms with van der Waals surface area (Å²) in [5, 5.41) is 36.0. The number of aromatic amines is 1. The number of para-hydroxylation sites is 1. The summed E-state index contributed by atoms with van der Waals surface area (Å²) in [5.74, 6) is -5.99. The number of carboxylic acid groups (broad SMARTS) is 2. The Balaban J connectivity index is 1.84. The van der Waals surface area contributed by atoms with Crippen LogP contribution >= 0.6 is 0 Å². The molecule has 4 amide bonds. The number of phenolic OH excluding ortho intramolecular Hbond substituents is 1. The van der Waals surface area contributed by atoms with Crippen LogP contribution in [0.1, 0.15) is 36.8 Å². The molecule has 0 fully saturated rings. The van der Waals surface area contributed by atoms with Gasteiger partial charge in [0.15, 0.2) is 0 Å². The summed E-state index contributed by atoms with van der Waals surface area (Å²) in [5.41, 5.74) is 13.5. The van der Waals surface area contributed by atoms with Crippen molar-refractivity contribution in [1.29, 1.82) is 0 Å². The van der Waals surface area contributed by atoms with E-state index in [-0.39, 0.29) is 31.4 Å². The minimum atomic E-state index is -1.58. The number of H-pyrrole nitrogens is 1. The predicted molar refractivity (Wildman–Crippen MR) is 161 cm³/mol. The van der Waals surface area contributed by atoms with Crippen molar-refractivity contribution in [2.75, 3.05) is 0 Å². The van der Waals surface area contributed by atoms with E-state index in [1.807, 2.05) is 18.2 Å². The third-order valence-corrected chi connectivity index (χ3v) is 7.03. The molecule has 4 unspecified atom stereocenters. The van der Waals surface area contributed by atoms with Crippen molar-refractivity contribution in [2.24, 2.45) is 11.5 Å². The van der Waals surface area contributed by atoms with Crippen LogP contribution in [0.5, 0.6) is 5.75 Å². The van der Waals surface area contributed by atoms with E-state index >= 15 is 0 Å². The zero-order valence-corrected chi connectivity index (χ0v) is 24.2. The quantitative estimate of drug-likeness (QED) is 0.0942. The summed E-state index contributed by atoms with van der Waals surface area (Å²) in [6.07, 6.45) is 0.112. The molecule has 1 heterocycles. The largest absolute Gasteiger partial charge is 0.508 e. The van der Waals surface area contributed by atoms with E-state index in [4.69, 9.17) is 16.6 Å². The number of primary amides is 1. The molecule has 45 heavy (non-hydrogen) atoms. The summed E-state index contributed by atoms with van der Waals surface area (Å²) in [7, 11) is 0. The molecule has 0 aliphatic rings. The number of fused-ring (bicyclic) bond motifs is 1. The Labute approximate surface area is 257 Å². The van der Waals surface area contributed by atoms with Crippen LogP contribution in [0, 0.1) is 0 Å². The second-order valence-corrected chi connectivity index (χ2v) is 10.5. The highest BCUT2D eigenvalue weighted by Gasteiger charge is 2.31. The number of rotatable bonds is 17. The normalized spacial score (nSPS) is 13.6. The molecule has 4 atom stereocenters. The van der Waals surface area contributed by atoms with Crippen molar-refractivity contribution in [3.05, 3.63) is 65.9 Å². The van der Waals surface area contributed by atoms with Crippen LogP contribution in [-0.2, 0) is 41.6 Å². The minimum absolute atomic E-state index is 0.0337. The average Bonchev–Trinajstić information content (AvgIpc) is 3.40. The molecule has 3 aromatic rings. The molecule has 0 radical (unpaired) electrons. The number of carbonyl (C=O) groups is 6. The predicted octanol–water partition coefficient (Wildman–Crippen LogP) is -0.345. The van der Waals surface area contributed by atoms with Gasteiger partial charge in [-0.2, -0.15) is 0 Å². The number of hydrogen-bond acceptors (Lipinski definition) is 8. The summed E-state index contributed by atoms with van der Waals surface area (Å²) in [4.78, 5) is 77.1. The number of phenols is 1. The molecule has 0 bridgehead atoms. The number of amides is 4. The van der Waals surface area contributed by atoms with Crippen LogP contribution in [-0.4, -0.2) is 80.0 Å². The van der Waals surface area contributed by atoms with Gasteiger partial charge in [-0.15, -0.1) is 0 Å². The number of hydrogen-bond donors (Lipinski definition) is 9. The highest BCUT2D eigenvalue weighted by Crippen LogP contribution is 2.20. The first-order valence-corrected chi connectivity index (χ1v) is 14.1. The van der Waals surface area contributed by atoms with Gasteiger partial charge < -0.3 is 47.7 Å². The third-order valence-electron chi connectivity index (χ3n) is 7.03. The number of aliphatic carboxylic acids is 2. The van der Waals surface area contributed by atoms with Crippen molar-refractivity contribution in [2.45, 2.75) is 62.7 Å². The summed E-state index contributed by atoms with van der Waals surface area (Å²) in [6, 6.07) is 7.96. The molecule has 0 spiro atoms. The van der Waals surface area contributed by atoms with Crippen LogP contribution in [0.4, 0.5) is 0 Å². The standard InChI is InChI=1S/C30H36N6O9/c31-20(13-16-5-7-18(37)8-6-16)27(41)36-24(14-17-15-33-21-4-2-1-3-19(17)21)29(43)34-22(9-11-25(32)38)28(42)35-23(30(44)45)10-12-26(39)40/h1-8,15,20,22-24,33,37H,9-14,31H2,(H2,32,38)(H,34,43)(H,35,42)(H,36,41)(H,39,40)(H,44,45). The van der Waals surface area contributed by atoms with Crippen molar-refractivity contribution >= 4 is 46.5 Å². The highest BCUT2D eigenvalue weighted by molar-refractivity contribution is 5.95. The minimum Gasteiger partial charge on any atom is -0.508 e. The lowest BCUT2D eigenvalue weighted by Crippen LogP contribution is -2.58. The molecular formula is C30H36N6O9. The summed E-state index contributed by atoms with van der Waals surface area (Å²) >= 11 is 0. The van der Waals surface area contributed by atoms with Crippen LogP contribution < -0.4 is 27.4 Å². The van der Waals surface area contributed by atoms with Crippen molar-refractivity contribution in [3.8, 4) is 5.75 Å². The Bertz CT molecular complexity index is 1540. The SMILES string of the molecule is NC(=O)CCC(NC(=O)C(Cc1c[nH]c2ccccc12)NC(=O)C(N)Cc1ccc(O)cc1)C(=O)NC(CCC(=O)O)C(=O)O. The molecule has 240 valence electrons. The van der Waals surface area contributed by atoms with Gasteiger partial charge >= 0.3 is 11.9 Å². The van der Waals surface area contributed by atoms with Gasteiger partial charge in [0, 0.05) is 36.4 Å². The van der Waals surface area contributed by atoms with E-state index in [0.717, 1.165) is 10.9 Å². The summed E-state index contributed by atoms with van der Waals surface area (Å²) in [6.45, 7) is 0. The Morgan fingerprint density at radius 1 is 0.756 bits per heavy atom. The molecule has 15 nitrogen and oxygen atoms in total. The molecule has 1 aromatic heterocycles. The lowest BCUT2D eigenvalue weighted by molar-refractivity contribution is -0.143. The van der Waals surface area contributed by atoms with Gasteiger partial charge in [0.2, 0.25) is 23.6 Å². The second kappa shape index (κ2) is 15.9. The Hall–Kier alpha value is -5.44. The van der Waals surface area contributed by atoms with Crippen molar-refractivity contribution < 1.29 is 44.1 Å². The zero-order chi connectivity index (χ0) is 33.1. The molecule has 0 saturated heterocycles. The zero-order valence-electron chi connectivity index (χ0n) is 24.2. The van der Waals surface area contributed by atoms with Crippen LogP contribution in [0.3, 0.4) is 0 Å². The maximum absolute atomic E-state index is 13.7. The lowest BCUT2D eigenvalue weighted by Gasteiger charge is -2.25. The van der Waals surface area contributed by atoms with Gasteiger partial charge in [-0.25, -0.2) is 4.79 Å². The maximum Gasteiger partial charge on any atom is 0.326 e. The maximum atomic E-state index is 13.7. The lowest BCUT2D eigenvalue weighted by atomic mass is 10.0. The van der Waals surface area contributed by atoms with Gasteiger partial charge in [-0.3, -0.25) is 24.0 Å². The fraction of sp³-hybridized carbons (Fsp3) is 0.333. The highest BCUT2D eigenvalue weighted by atomic mass is 16.4. The van der Waals surface area contributed by atoms with Gasteiger partial charge in [0.25, 0.3) is 0 Å². The average molecular weight is 625 g/mol. The number of aromatic nitrogens is 1. The first kappa shape index (κ1) is 34.1. The molecular weight excluding hydrogens is 588 g/mol. The first-order valence-electron chi connectivity index (χ1n) is 14.1. The topological polar surface area (TPSA) is 267 Å².